The molecule has 0 saturated carbocycles. The topological polar surface area (TPSA) is 116 Å². The number of hydrogen-bond donors (Lipinski definition) is 3. The number of nitrogens with one attached hydrogen (secondary N) is 3. The van der Waals surface area contributed by atoms with Gasteiger partial charge in [-0.3, -0.25) is 19.9 Å². The number of aromatic nitrogens is 4. The van der Waals surface area contributed by atoms with Crippen LogP contribution in [-0.4, -0.2) is 50.7 Å². The van der Waals surface area contributed by atoms with Crippen LogP contribution >= 0.6 is 11.8 Å². The Kier molecular flexibility index (Phi) is 7.12. The fourth-order valence-corrected chi connectivity index (χ4v) is 5.75. The minimum Gasteiger partial charge on any atom is -0.361 e. The SMILES string of the molecule is Cc1cc(CNCC2CCN(c3nccc(/C=C4/SC(=O)NC4=O)n3)CC2)nc(-c2ccc3[nH]ccc3c2)c1. The number of piperidine rings is 1. The number of hydrogen-bond acceptors (Lipinski definition) is 8. The van der Waals surface area contributed by atoms with E-state index in [4.69, 9.17) is 4.98 Å². The standard InChI is InChI=1S/C29H29N7O2S/c1-18-12-23(33-25(13-18)20-2-3-24-21(14-20)4-8-31-24)17-30-16-19-6-10-36(11-7-19)28-32-9-5-22(34-28)15-26-27(37)35-29(38)39-26/h2-5,8-9,12-15,19,30-31H,6-7,10-11,16-17H2,1H3,(H,35,37,38)/b26-15+. The predicted molar refractivity (Wildman–Crippen MR) is 154 cm³/mol. The third-order valence-corrected chi connectivity index (χ3v) is 7.90. The molecule has 4 aromatic rings. The van der Waals surface area contributed by atoms with E-state index in [1.165, 1.54) is 10.9 Å². The molecule has 3 N–H and O–H groups in total. The maximum atomic E-state index is 11.8. The van der Waals surface area contributed by atoms with Gasteiger partial charge in [-0.25, -0.2) is 9.97 Å². The molecule has 2 aliphatic rings. The van der Waals surface area contributed by atoms with Gasteiger partial charge in [0.2, 0.25) is 5.95 Å². The van der Waals surface area contributed by atoms with E-state index in [1.54, 1.807) is 18.3 Å². The third-order valence-electron chi connectivity index (χ3n) is 7.09. The van der Waals surface area contributed by atoms with Crippen molar-refractivity contribution in [3.05, 3.63) is 76.7 Å². The Morgan fingerprint density at radius 3 is 2.79 bits per heavy atom. The second kappa shape index (κ2) is 11.0. The summed E-state index contributed by atoms with van der Waals surface area (Å²) in [5.41, 5.74) is 6.13. The molecule has 9 nitrogen and oxygen atoms in total. The number of benzene rings is 1. The van der Waals surface area contributed by atoms with Gasteiger partial charge in [0.1, 0.15) is 0 Å². The molecule has 0 spiro atoms. The Bertz CT molecular complexity index is 1570. The number of thioether (sulfide) groups is 1. The van der Waals surface area contributed by atoms with Crippen molar-refractivity contribution < 1.29 is 9.59 Å². The van der Waals surface area contributed by atoms with Crippen LogP contribution in [0.4, 0.5) is 10.7 Å². The molecule has 5 heterocycles. The Morgan fingerprint density at radius 2 is 1.97 bits per heavy atom. The summed E-state index contributed by atoms with van der Waals surface area (Å²) in [5, 5.41) is 6.72. The van der Waals surface area contributed by atoms with Crippen LogP contribution < -0.4 is 15.5 Å². The Hall–Kier alpha value is -4.02. The van der Waals surface area contributed by atoms with Crippen LogP contribution in [0, 0.1) is 12.8 Å². The average molecular weight is 540 g/mol. The molecule has 6 rings (SSSR count). The second-order valence-electron chi connectivity index (χ2n) is 10.00. The van der Waals surface area contributed by atoms with Crippen LogP contribution in [0.25, 0.3) is 28.2 Å². The number of aromatic amines is 1. The fraction of sp³-hybridized carbons (Fsp3) is 0.276. The van der Waals surface area contributed by atoms with Crippen LogP contribution in [0.1, 0.15) is 29.8 Å². The lowest BCUT2D eigenvalue weighted by atomic mass is 9.97. The lowest BCUT2D eigenvalue weighted by Crippen LogP contribution is -2.38. The first kappa shape index (κ1) is 25.3. The molecular weight excluding hydrogens is 510 g/mol. The van der Waals surface area contributed by atoms with Crippen molar-refractivity contribution in [2.24, 2.45) is 5.92 Å². The number of aryl methyl sites for hydroxylation is 1. The van der Waals surface area contributed by atoms with E-state index >= 15 is 0 Å². The maximum absolute atomic E-state index is 11.8. The zero-order valence-electron chi connectivity index (χ0n) is 21.6. The zero-order valence-corrected chi connectivity index (χ0v) is 22.4. The first-order valence-electron chi connectivity index (χ1n) is 13.1. The van der Waals surface area contributed by atoms with Gasteiger partial charge in [-0.2, -0.15) is 0 Å². The molecule has 0 bridgehead atoms. The first-order valence-corrected chi connectivity index (χ1v) is 13.9. The molecule has 39 heavy (non-hydrogen) atoms. The van der Waals surface area contributed by atoms with Crippen LogP contribution in [0.3, 0.4) is 0 Å². The number of nitrogens with zero attached hydrogens (tertiary/aromatic N) is 4. The van der Waals surface area contributed by atoms with Crippen molar-refractivity contribution in [2.75, 3.05) is 24.5 Å². The molecule has 0 radical (unpaired) electrons. The van der Waals surface area contributed by atoms with E-state index in [9.17, 15) is 9.59 Å². The minimum atomic E-state index is -0.381. The minimum absolute atomic E-state index is 0.353. The largest absolute Gasteiger partial charge is 0.361 e. The molecular formula is C29H29N7O2S. The summed E-state index contributed by atoms with van der Waals surface area (Å²) in [6.45, 7) is 5.52. The number of fused-ring (bicyclic) bond motifs is 1. The monoisotopic (exact) mass is 539 g/mol. The lowest BCUT2D eigenvalue weighted by Gasteiger charge is -2.32. The van der Waals surface area contributed by atoms with Gasteiger partial charge < -0.3 is 15.2 Å². The van der Waals surface area contributed by atoms with Crippen molar-refractivity contribution in [1.82, 2.24) is 30.6 Å². The molecule has 2 amide bonds. The molecule has 10 heteroatoms. The number of carbonyl (C=O) groups is 2. The molecule has 2 fully saturated rings. The first-order chi connectivity index (χ1) is 19.0. The van der Waals surface area contributed by atoms with E-state index in [1.807, 2.05) is 6.20 Å². The highest BCUT2D eigenvalue weighted by Gasteiger charge is 2.26. The van der Waals surface area contributed by atoms with Crippen LogP contribution in [0.15, 0.2) is 59.8 Å². The van der Waals surface area contributed by atoms with Crippen molar-refractivity contribution in [3.63, 3.8) is 0 Å². The van der Waals surface area contributed by atoms with Gasteiger partial charge in [0, 0.05) is 48.5 Å². The highest BCUT2D eigenvalue weighted by Crippen LogP contribution is 2.27. The van der Waals surface area contributed by atoms with Crippen LogP contribution in [0.2, 0.25) is 0 Å². The third kappa shape index (κ3) is 5.86. The molecule has 3 aromatic heterocycles. The number of amides is 2. The van der Waals surface area contributed by atoms with Crippen molar-refractivity contribution >= 4 is 45.8 Å². The van der Waals surface area contributed by atoms with Gasteiger partial charge in [-0.15, -0.1) is 0 Å². The maximum Gasteiger partial charge on any atom is 0.290 e. The van der Waals surface area contributed by atoms with Gasteiger partial charge in [0.05, 0.1) is 22.0 Å². The summed E-state index contributed by atoms with van der Waals surface area (Å²) in [6.07, 6.45) is 7.37. The van der Waals surface area contributed by atoms with E-state index in [0.29, 0.717) is 22.5 Å². The number of H-pyrrole nitrogens is 1. The lowest BCUT2D eigenvalue weighted by molar-refractivity contribution is -0.115. The number of rotatable bonds is 7. The molecule has 1 aromatic carbocycles. The zero-order chi connectivity index (χ0) is 26.8. The van der Waals surface area contributed by atoms with E-state index in [-0.39, 0.29) is 11.1 Å². The number of imide groups is 1. The predicted octanol–water partition coefficient (Wildman–Crippen LogP) is 4.66. The number of anilines is 1. The molecule has 0 atom stereocenters. The molecule has 2 aliphatic heterocycles. The molecule has 0 unspecified atom stereocenters. The number of pyridine rings is 1. The average Bonchev–Trinajstić information content (AvgIpc) is 3.53. The molecule has 0 aliphatic carbocycles. The quantitative estimate of drug-likeness (QED) is 0.291. The summed E-state index contributed by atoms with van der Waals surface area (Å²) in [4.78, 5) is 43.0. The highest BCUT2D eigenvalue weighted by atomic mass is 32.2. The van der Waals surface area contributed by atoms with Crippen LogP contribution in [-0.2, 0) is 11.3 Å². The van der Waals surface area contributed by atoms with Gasteiger partial charge in [-0.05, 0) is 92.0 Å². The number of carbonyl (C=O) groups excluding carboxylic acids is 2. The summed E-state index contributed by atoms with van der Waals surface area (Å²) in [7, 11) is 0. The van der Waals surface area contributed by atoms with Gasteiger partial charge in [0.15, 0.2) is 0 Å². The Morgan fingerprint density at radius 1 is 1.10 bits per heavy atom. The van der Waals surface area contributed by atoms with Gasteiger partial charge in [0.25, 0.3) is 11.1 Å². The van der Waals surface area contributed by atoms with Crippen molar-refractivity contribution in [2.45, 2.75) is 26.3 Å². The van der Waals surface area contributed by atoms with E-state index in [2.05, 4.69) is 73.8 Å². The van der Waals surface area contributed by atoms with Crippen LogP contribution in [0.5, 0.6) is 0 Å². The van der Waals surface area contributed by atoms with Crippen molar-refractivity contribution in [3.8, 4) is 11.3 Å². The summed E-state index contributed by atoms with van der Waals surface area (Å²) >= 11 is 0.892. The molecule has 198 valence electrons. The molecule has 2 saturated heterocycles. The Labute approximate surface area is 230 Å². The summed E-state index contributed by atoms with van der Waals surface area (Å²) < 4.78 is 0. The fourth-order valence-electron chi connectivity index (χ4n) is 5.08. The van der Waals surface area contributed by atoms with Gasteiger partial charge >= 0.3 is 0 Å². The summed E-state index contributed by atoms with van der Waals surface area (Å²) in [6, 6.07) is 14.5. The van der Waals surface area contributed by atoms with Crippen molar-refractivity contribution in [1.29, 1.82) is 0 Å². The van der Waals surface area contributed by atoms with E-state index < -0.39 is 0 Å². The Balaban J connectivity index is 1.02. The normalized spacial score (nSPS) is 17.4. The summed E-state index contributed by atoms with van der Waals surface area (Å²) in [5.74, 6) is 0.838. The highest BCUT2D eigenvalue weighted by molar-refractivity contribution is 8.18. The second-order valence-corrected chi connectivity index (χ2v) is 11.0. The van der Waals surface area contributed by atoms with Gasteiger partial charge in [-0.1, -0.05) is 6.07 Å². The van der Waals surface area contributed by atoms with E-state index in [0.717, 1.165) is 73.3 Å². The smallest absolute Gasteiger partial charge is 0.290 e.